The summed E-state index contributed by atoms with van der Waals surface area (Å²) in [6, 6.07) is 12.0. The number of nitro benzene ring substituents is 1. The Kier molecular flexibility index (Phi) is 6.38. The predicted octanol–water partition coefficient (Wildman–Crippen LogP) is 1.95. The summed E-state index contributed by atoms with van der Waals surface area (Å²) in [5.41, 5.74) is -0.0312. The Morgan fingerprint density at radius 3 is 2.40 bits per heavy atom. The molecule has 1 aliphatic heterocycles. The summed E-state index contributed by atoms with van der Waals surface area (Å²) in [7, 11) is 0. The van der Waals surface area contributed by atoms with E-state index in [1.165, 1.54) is 24.3 Å². The van der Waals surface area contributed by atoms with Crippen molar-refractivity contribution in [3.63, 3.8) is 0 Å². The molecule has 2 aromatic carbocycles. The summed E-state index contributed by atoms with van der Waals surface area (Å²) < 4.78 is 10.2. The number of hydrogen-bond acceptors (Lipinski definition) is 8. The number of esters is 1. The van der Waals surface area contributed by atoms with Crippen molar-refractivity contribution in [2.75, 3.05) is 13.2 Å². The van der Waals surface area contributed by atoms with Gasteiger partial charge in [-0.3, -0.25) is 19.8 Å². The first-order valence-corrected chi connectivity index (χ1v) is 9.01. The summed E-state index contributed by atoms with van der Waals surface area (Å²) >= 11 is 0. The topological polar surface area (TPSA) is 136 Å². The second kappa shape index (κ2) is 9.14. The van der Waals surface area contributed by atoms with Gasteiger partial charge in [0.25, 0.3) is 5.69 Å². The van der Waals surface area contributed by atoms with Gasteiger partial charge in [-0.15, -0.1) is 0 Å². The number of para-hydroxylation sites is 1. The van der Waals surface area contributed by atoms with E-state index < -0.39 is 41.5 Å². The highest BCUT2D eigenvalue weighted by molar-refractivity contribution is 5.98. The van der Waals surface area contributed by atoms with E-state index >= 15 is 0 Å². The van der Waals surface area contributed by atoms with Crippen molar-refractivity contribution < 1.29 is 33.9 Å². The molecular weight excluding hydrogens is 396 g/mol. The third kappa shape index (κ3) is 4.97. The standard InChI is InChI=1S/C20H18N2O8/c23-15-10-17(21(11-15)20(26)30-16-4-2-1-3-5-16)19(25)29-12-18(24)13-6-8-14(9-7-13)22(27)28/h1-9,15,17,23H,10-12H2/t15-,17+/m0/s1. The minimum absolute atomic E-state index is 0.0472. The van der Waals surface area contributed by atoms with E-state index in [2.05, 4.69) is 0 Å². The van der Waals surface area contributed by atoms with Crippen molar-refractivity contribution >= 4 is 23.5 Å². The number of amides is 1. The van der Waals surface area contributed by atoms with Gasteiger partial charge < -0.3 is 14.6 Å². The number of non-ortho nitro benzene ring substituents is 1. The number of carbonyl (C=O) groups is 3. The smallest absolute Gasteiger partial charge is 0.416 e. The van der Waals surface area contributed by atoms with Crippen LogP contribution in [-0.2, 0) is 9.53 Å². The molecule has 1 heterocycles. The van der Waals surface area contributed by atoms with Gasteiger partial charge in [-0.1, -0.05) is 18.2 Å². The number of hydrogen-bond donors (Lipinski definition) is 1. The molecule has 3 rings (SSSR count). The number of rotatable bonds is 6. The van der Waals surface area contributed by atoms with E-state index in [1.807, 2.05) is 0 Å². The molecule has 156 valence electrons. The summed E-state index contributed by atoms with van der Waals surface area (Å²) in [5.74, 6) is -1.13. The first-order valence-electron chi connectivity index (χ1n) is 9.01. The monoisotopic (exact) mass is 414 g/mol. The first kappa shape index (κ1) is 20.9. The molecule has 0 unspecified atom stereocenters. The van der Waals surface area contributed by atoms with E-state index in [-0.39, 0.29) is 30.0 Å². The number of Topliss-reactive ketones (excluding diaryl/α,β-unsaturated/α-hetero) is 1. The molecule has 1 amide bonds. The van der Waals surface area contributed by atoms with Gasteiger partial charge in [0.1, 0.15) is 11.8 Å². The zero-order valence-electron chi connectivity index (χ0n) is 15.7. The van der Waals surface area contributed by atoms with Crippen LogP contribution in [0, 0.1) is 10.1 Å². The minimum atomic E-state index is -1.10. The molecule has 1 fully saturated rings. The van der Waals surface area contributed by atoms with Crippen LogP contribution < -0.4 is 4.74 Å². The second-order valence-corrected chi connectivity index (χ2v) is 6.57. The highest BCUT2D eigenvalue weighted by Gasteiger charge is 2.41. The van der Waals surface area contributed by atoms with Gasteiger partial charge in [-0.05, 0) is 24.3 Å². The number of likely N-dealkylation sites (tertiary alicyclic amines) is 1. The largest absolute Gasteiger partial charge is 0.456 e. The molecule has 10 nitrogen and oxygen atoms in total. The van der Waals surface area contributed by atoms with Crippen LogP contribution in [0.1, 0.15) is 16.8 Å². The van der Waals surface area contributed by atoms with Crippen molar-refractivity contribution in [1.82, 2.24) is 4.90 Å². The zero-order valence-corrected chi connectivity index (χ0v) is 15.7. The molecule has 0 radical (unpaired) electrons. The minimum Gasteiger partial charge on any atom is -0.456 e. The lowest BCUT2D eigenvalue weighted by Crippen LogP contribution is -2.43. The van der Waals surface area contributed by atoms with Gasteiger partial charge in [0.2, 0.25) is 0 Å². The Balaban J connectivity index is 1.59. The average molecular weight is 414 g/mol. The number of nitro groups is 1. The van der Waals surface area contributed by atoms with Crippen LogP contribution in [0.25, 0.3) is 0 Å². The van der Waals surface area contributed by atoms with Gasteiger partial charge in [-0.2, -0.15) is 0 Å². The molecule has 1 saturated heterocycles. The maximum Gasteiger partial charge on any atom is 0.416 e. The van der Waals surface area contributed by atoms with Crippen LogP contribution in [0.5, 0.6) is 5.75 Å². The molecule has 0 aromatic heterocycles. The predicted molar refractivity (Wildman–Crippen MR) is 102 cm³/mol. The first-order chi connectivity index (χ1) is 14.3. The SMILES string of the molecule is O=C(COC(=O)[C@H]1C[C@H](O)CN1C(=O)Oc1ccccc1)c1ccc([N+](=O)[O-])cc1. The van der Waals surface area contributed by atoms with Crippen LogP contribution >= 0.6 is 0 Å². The maximum absolute atomic E-state index is 12.4. The number of carbonyl (C=O) groups excluding carboxylic acids is 3. The van der Waals surface area contributed by atoms with Crippen LogP contribution in [0.3, 0.4) is 0 Å². The number of ether oxygens (including phenoxy) is 2. The molecule has 0 spiro atoms. The molecule has 0 saturated carbocycles. The molecule has 10 heteroatoms. The van der Waals surface area contributed by atoms with Crippen molar-refractivity contribution in [3.05, 3.63) is 70.3 Å². The highest BCUT2D eigenvalue weighted by atomic mass is 16.6. The number of ketones is 1. The van der Waals surface area contributed by atoms with Crippen LogP contribution in [0.2, 0.25) is 0 Å². The van der Waals surface area contributed by atoms with E-state index in [0.717, 1.165) is 4.90 Å². The fourth-order valence-corrected chi connectivity index (χ4v) is 2.97. The fourth-order valence-electron chi connectivity index (χ4n) is 2.97. The summed E-state index contributed by atoms with van der Waals surface area (Å²) in [4.78, 5) is 48.1. The normalized spacial score (nSPS) is 18.0. The number of benzene rings is 2. The highest BCUT2D eigenvalue weighted by Crippen LogP contribution is 2.22. The van der Waals surface area contributed by atoms with Crippen molar-refractivity contribution in [1.29, 1.82) is 0 Å². The number of β-amino-alcohol motifs (C(OH)–C–C–N with tert-alkyl or cyclic N) is 1. The van der Waals surface area contributed by atoms with E-state index in [4.69, 9.17) is 9.47 Å². The Morgan fingerprint density at radius 1 is 1.10 bits per heavy atom. The Morgan fingerprint density at radius 2 is 1.77 bits per heavy atom. The molecule has 2 atom stereocenters. The van der Waals surface area contributed by atoms with Gasteiger partial charge in [0.05, 0.1) is 17.6 Å². The van der Waals surface area contributed by atoms with E-state index in [9.17, 15) is 29.6 Å². The number of aliphatic hydroxyl groups excluding tert-OH is 1. The molecular formula is C20H18N2O8. The fraction of sp³-hybridized carbons (Fsp3) is 0.250. The lowest BCUT2D eigenvalue weighted by molar-refractivity contribution is -0.384. The number of nitrogens with zero attached hydrogens (tertiary/aromatic N) is 2. The van der Waals surface area contributed by atoms with Crippen LogP contribution in [-0.4, -0.2) is 58.1 Å². The quantitative estimate of drug-likeness (QED) is 0.328. The van der Waals surface area contributed by atoms with Gasteiger partial charge in [0.15, 0.2) is 12.4 Å². The summed E-state index contributed by atoms with van der Waals surface area (Å²) in [5, 5.41) is 20.5. The van der Waals surface area contributed by atoms with Crippen molar-refractivity contribution in [2.24, 2.45) is 0 Å². The second-order valence-electron chi connectivity index (χ2n) is 6.57. The molecule has 0 aliphatic carbocycles. The zero-order chi connectivity index (χ0) is 21.7. The van der Waals surface area contributed by atoms with E-state index in [0.29, 0.717) is 0 Å². The molecule has 1 N–H and O–H groups in total. The van der Waals surface area contributed by atoms with Gasteiger partial charge in [-0.25, -0.2) is 9.59 Å². The average Bonchev–Trinajstić information content (AvgIpc) is 3.14. The summed E-state index contributed by atoms with van der Waals surface area (Å²) in [6.07, 6.45) is -1.80. The molecule has 0 bridgehead atoms. The van der Waals surface area contributed by atoms with Crippen molar-refractivity contribution in [2.45, 2.75) is 18.6 Å². The van der Waals surface area contributed by atoms with E-state index in [1.54, 1.807) is 30.3 Å². The van der Waals surface area contributed by atoms with Gasteiger partial charge in [0, 0.05) is 24.1 Å². The van der Waals surface area contributed by atoms with Crippen LogP contribution in [0.15, 0.2) is 54.6 Å². The number of aliphatic hydroxyl groups is 1. The Hall–Kier alpha value is -3.79. The van der Waals surface area contributed by atoms with Gasteiger partial charge >= 0.3 is 12.1 Å². The molecule has 2 aromatic rings. The Labute approximate surface area is 170 Å². The molecule has 1 aliphatic rings. The third-order valence-electron chi connectivity index (χ3n) is 4.48. The summed E-state index contributed by atoms with van der Waals surface area (Å²) in [6.45, 7) is -0.716. The third-order valence-corrected chi connectivity index (χ3v) is 4.48. The lowest BCUT2D eigenvalue weighted by Gasteiger charge is -2.22. The lowest BCUT2D eigenvalue weighted by atomic mass is 10.1. The maximum atomic E-state index is 12.4. The Bertz CT molecular complexity index is 945. The van der Waals surface area contributed by atoms with Crippen molar-refractivity contribution in [3.8, 4) is 5.75 Å². The molecule has 30 heavy (non-hydrogen) atoms. The van der Waals surface area contributed by atoms with Crippen LogP contribution in [0.4, 0.5) is 10.5 Å².